The van der Waals surface area contributed by atoms with E-state index in [1.54, 1.807) is 4.31 Å². The molecule has 5 nitrogen and oxygen atoms in total. The van der Waals surface area contributed by atoms with Crippen molar-refractivity contribution in [3.63, 3.8) is 0 Å². The molecular weight excluding hydrogens is 238 g/mol. The van der Waals surface area contributed by atoms with Crippen LogP contribution in [0.4, 0.5) is 0 Å². The van der Waals surface area contributed by atoms with Crippen molar-refractivity contribution in [3.05, 3.63) is 0 Å². The fourth-order valence-electron chi connectivity index (χ4n) is 2.23. The van der Waals surface area contributed by atoms with Crippen LogP contribution in [0, 0.1) is 11.8 Å². The van der Waals surface area contributed by atoms with Crippen molar-refractivity contribution in [2.75, 3.05) is 26.7 Å². The summed E-state index contributed by atoms with van der Waals surface area (Å²) in [6, 6.07) is 0.143. The first kappa shape index (κ1) is 14.9. The number of hydrogen-bond donors (Lipinski definition) is 2. The van der Waals surface area contributed by atoms with Crippen LogP contribution in [0.1, 0.15) is 27.2 Å². The van der Waals surface area contributed by atoms with Crippen molar-refractivity contribution < 1.29 is 8.42 Å². The molecule has 1 saturated heterocycles. The van der Waals surface area contributed by atoms with Crippen LogP contribution in [-0.4, -0.2) is 45.4 Å². The van der Waals surface area contributed by atoms with Gasteiger partial charge in [-0.3, -0.25) is 0 Å². The van der Waals surface area contributed by atoms with E-state index in [1.807, 2.05) is 14.0 Å². The molecule has 1 heterocycles. The lowest BCUT2D eigenvalue weighted by molar-refractivity contribution is 0.220. The summed E-state index contributed by atoms with van der Waals surface area (Å²) in [7, 11) is -1.49. The standard InChI is InChI=1S/C11H25N3O2S/c1-9-5-10(2)8-14(7-9)17(15,16)13-6-11(3)12-4/h9-13H,5-8H2,1-4H3. The molecule has 6 heteroatoms. The lowest BCUT2D eigenvalue weighted by Crippen LogP contribution is -2.50. The Kier molecular flexibility index (Phi) is 5.37. The summed E-state index contributed by atoms with van der Waals surface area (Å²) < 4.78 is 28.4. The van der Waals surface area contributed by atoms with Gasteiger partial charge in [0.05, 0.1) is 0 Å². The highest BCUT2D eigenvalue weighted by Crippen LogP contribution is 2.22. The first-order chi connectivity index (χ1) is 7.85. The molecule has 1 aliphatic rings. The maximum atomic E-state index is 12.1. The van der Waals surface area contributed by atoms with Gasteiger partial charge >= 0.3 is 0 Å². The molecule has 3 atom stereocenters. The molecule has 2 N–H and O–H groups in total. The maximum Gasteiger partial charge on any atom is 0.279 e. The van der Waals surface area contributed by atoms with Crippen LogP contribution in [0.3, 0.4) is 0 Å². The Morgan fingerprint density at radius 1 is 1.29 bits per heavy atom. The van der Waals surface area contributed by atoms with Gasteiger partial charge in [0.1, 0.15) is 0 Å². The summed E-state index contributed by atoms with van der Waals surface area (Å²) in [5.74, 6) is 0.883. The van der Waals surface area contributed by atoms with Crippen LogP contribution < -0.4 is 10.0 Å². The number of hydrogen-bond acceptors (Lipinski definition) is 3. The van der Waals surface area contributed by atoms with Crippen molar-refractivity contribution in [1.82, 2.24) is 14.3 Å². The lowest BCUT2D eigenvalue weighted by atomic mass is 9.94. The van der Waals surface area contributed by atoms with Gasteiger partial charge in [-0.05, 0) is 32.2 Å². The molecule has 0 aliphatic carbocycles. The monoisotopic (exact) mass is 263 g/mol. The summed E-state index contributed by atoms with van der Waals surface area (Å²) >= 11 is 0. The molecule has 0 radical (unpaired) electrons. The Bertz CT molecular complexity index is 322. The van der Waals surface area contributed by atoms with Gasteiger partial charge in [-0.2, -0.15) is 12.7 Å². The van der Waals surface area contributed by atoms with Crippen molar-refractivity contribution in [2.45, 2.75) is 33.2 Å². The fraction of sp³-hybridized carbons (Fsp3) is 1.00. The van der Waals surface area contributed by atoms with Gasteiger partial charge in [-0.25, -0.2) is 4.72 Å². The molecule has 0 amide bonds. The highest BCUT2D eigenvalue weighted by Gasteiger charge is 2.30. The quantitative estimate of drug-likeness (QED) is 0.755. The van der Waals surface area contributed by atoms with E-state index in [9.17, 15) is 8.42 Å². The predicted octanol–water partition coefficient (Wildman–Crippen LogP) is 0.407. The fourth-order valence-corrected chi connectivity index (χ4v) is 3.77. The van der Waals surface area contributed by atoms with E-state index in [1.165, 1.54) is 0 Å². The Labute approximate surface area is 105 Å². The van der Waals surface area contributed by atoms with E-state index < -0.39 is 10.2 Å². The minimum atomic E-state index is -3.31. The number of likely N-dealkylation sites (N-methyl/N-ethyl adjacent to an activating group) is 1. The Morgan fingerprint density at radius 2 is 1.82 bits per heavy atom. The van der Waals surface area contributed by atoms with E-state index in [-0.39, 0.29) is 6.04 Å². The van der Waals surface area contributed by atoms with Crippen molar-refractivity contribution in [2.24, 2.45) is 11.8 Å². The van der Waals surface area contributed by atoms with Crippen LogP contribution in [-0.2, 0) is 10.2 Å². The second-order valence-electron chi connectivity index (χ2n) is 5.31. The van der Waals surface area contributed by atoms with Crippen LogP contribution in [0.2, 0.25) is 0 Å². The Balaban J connectivity index is 2.57. The summed E-state index contributed by atoms with van der Waals surface area (Å²) in [5, 5.41) is 3.01. The molecule has 0 spiro atoms. The third kappa shape index (κ3) is 4.54. The number of piperidine rings is 1. The Hall–Kier alpha value is -0.170. The van der Waals surface area contributed by atoms with Gasteiger partial charge in [-0.1, -0.05) is 13.8 Å². The second-order valence-corrected chi connectivity index (χ2v) is 7.06. The zero-order valence-electron chi connectivity index (χ0n) is 11.2. The highest BCUT2D eigenvalue weighted by molar-refractivity contribution is 7.87. The van der Waals surface area contributed by atoms with Crippen molar-refractivity contribution in [1.29, 1.82) is 0 Å². The summed E-state index contributed by atoms with van der Waals surface area (Å²) in [4.78, 5) is 0. The molecular formula is C11H25N3O2S. The zero-order chi connectivity index (χ0) is 13.1. The van der Waals surface area contributed by atoms with Crippen molar-refractivity contribution >= 4 is 10.2 Å². The van der Waals surface area contributed by atoms with Gasteiger partial charge in [0.15, 0.2) is 0 Å². The second kappa shape index (κ2) is 6.13. The largest absolute Gasteiger partial charge is 0.316 e. The maximum absolute atomic E-state index is 12.1. The van der Waals surface area contributed by atoms with Crippen LogP contribution in [0.5, 0.6) is 0 Å². The number of nitrogens with one attached hydrogen (secondary N) is 2. The minimum Gasteiger partial charge on any atom is -0.316 e. The van der Waals surface area contributed by atoms with E-state index in [4.69, 9.17) is 0 Å². The molecule has 17 heavy (non-hydrogen) atoms. The molecule has 0 bridgehead atoms. The topological polar surface area (TPSA) is 61.4 Å². The van der Waals surface area contributed by atoms with Gasteiger partial charge in [0.25, 0.3) is 10.2 Å². The first-order valence-electron chi connectivity index (χ1n) is 6.27. The van der Waals surface area contributed by atoms with E-state index in [0.717, 1.165) is 6.42 Å². The van der Waals surface area contributed by atoms with Gasteiger partial charge in [-0.15, -0.1) is 0 Å². The predicted molar refractivity (Wildman–Crippen MR) is 70.0 cm³/mol. The van der Waals surface area contributed by atoms with Crippen LogP contribution >= 0.6 is 0 Å². The van der Waals surface area contributed by atoms with E-state index in [2.05, 4.69) is 23.9 Å². The summed E-state index contributed by atoms with van der Waals surface area (Å²) in [6.45, 7) is 7.85. The molecule has 1 aliphatic heterocycles. The highest BCUT2D eigenvalue weighted by atomic mass is 32.2. The number of nitrogens with zero attached hydrogens (tertiary/aromatic N) is 1. The van der Waals surface area contributed by atoms with Crippen LogP contribution in [0.15, 0.2) is 0 Å². The average molecular weight is 263 g/mol. The summed E-state index contributed by atoms with van der Waals surface area (Å²) in [5.41, 5.74) is 0. The van der Waals surface area contributed by atoms with Crippen LogP contribution in [0.25, 0.3) is 0 Å². The molecule has 0 aromatic rings. The van der Waals surface area contributed by atoms with Crippen molar-refractivity contribution in [3.8, 4) is 0 Å². The molecule has 0 saturated carbocycles. The van der Waals surface area contributed by atoms with Gasteiger partial charge in [0.2, 0.25) is 0 Å². The van der Waals surface area contributed by atoms with E-state index in [0.29, 0.717) is 31.5 Å². The normalized spacial score (nSPS) is 29.2. The average Bonchev–Trinajstić information content (AvgIpc) is 2.24. The third-order valence-electron chi connectivity index (χ3n) is 3.24. The first-order valence-corrected chi connectivity index (χ1v) is 7.71. The lowest BCUT2D eigenvalue weighted by Gasteiger charge is -2.34. The smallest absolute Gasteiger partial charge is 0.279 e. The SMILES string of the molecule is CNC(C)CNS(=O)(=O)N1CC(C)CC(C)C1. The third-order valence-corrected chi connectivity index (χ3v) is 4.75. The Morgan fingerprint density at radius 3 is 2.29 bits per heavy atom. The molecule has 0 aromatic heterocycles. The summed E-state index contributed by atoms with van der Waals surface area (Å²) in [6.07, 6.45) is 1.11. The molecule has 3 unspecified atom stereocenters. The molecule has 0 aromatic carbocycles. The van der Waals surface area contributed by atoms with Gasteiger partial charge < -0.3 is 5.32 Å². The molecule has 102 valence electrons. The molecule has 1 fully saturated rings. The van der Waals surface area contributed by atoms with Gasteiger partial charge in [0, 0.05) is 25.7 Å². The molecule has 1 rings (SSSR count). The number of rotatable bonds is 5. The van der Waals surface area contributed by atoms with E-state index >= 15 is 0 Å². The minimum absolute atomic E-state index is 0.143. The zero-order valence-corrected chi connectivity index (χ0v) is 12.0.